The number of benzene rings is 1. The maximum absolute atomic E-state index is 12.6. The Morgan fingerprint density at radius 3 is 2.72 bits per heavy atom. The summed E-state index contributed by atoms with van der Waals surface area (Å²) in [5.41, 5.74) is 2.68. The Labute approximate surface area is 151 Å². The molecule has 25 heavy (non-hydrogen) atoms. The number of nitrogens with zero attached hydrogens (tertiary/aromatic N) is 4. The third-order valence-electron chi connectivity index (χ3n) is 3.88. The number of carbonyl (C=O) groups is 1. The summed E-state index contributed by atoms with van der Waals surface area (Å²) < 4.78 is 1.79. The van der Waals surface area contributed by atoms with Crippen molar-refractivity contribution in [1.82, 2.24) is 19.7 Å². The summed E-state index contributed by atoms with van der Waals surface area (Å²) >= 11 is 1.65. The molecule has 3 rings (SSSR count). The molecule has 0 N–H and O–H groups in total. The Morgan fingerprint density at radius 2 is 2.04 bits per heavy atom. The summed E-state index contributed by atoms with van der Waals surface area (Å²) in [6, 6.07) is 10.1. The normalized spacial score (nSPS) is 11.0. The Bertz CT molecular complexity index is 838. The highest BCUT2D eigenvalue weighted by Crippen LogP contribution is 2.20. The van der Waals surface area contributed by atoms with Gasteiger partial charge in [-0.25, -0.2) is 4.98 Å². The van der Waals surface area contributed by atoms with Crippen LogP contribution in [0.2, 0.25) is 0 Å². The minimum absolute atomic E-state index is 0.0431. The van der Waals surface area contributed by atoms with Crippen LogP contribution >= 0.6 is 11.3 Å². The largest absolute Gasteiger partial charge is 0.336 e. The summed E-state index contributed by atoms with van der Waals surface area (Å²) in [5, 5.41) is 7.43. The van der Waals surface area contributed by atoms with E-state index in [0.717, 1.165) is 16.3 Å². The van der Waals surface area contributed by atoms with E-state index in [9.17, 15) is 4.79 Å². The molecule has 0 fully saturated rings. The lowest BCUT2D eigenvalue weighted by molar-refractivity contribution is 0.0783. The number of carbonyl (C=O) groups excluding carboxylic acids is 1. The summed E-state index contributed by atoms with van der Waals surface area (Å²) in [7, 11) is 1.80. The molecule has 0 spiro atoms. The van der Waals surface area contributed by atoms with E-state index in [1.54, 1.807) is 40.4 Å². The van der Waals surface area contributed by atoms with Gasteiger partial charge in [-0.15, -0.1) is 11.3 Å². The zero-order valence-electron chi connectivity index (χ0n) is 14.7. The Morgan fingerprint density at radius 1 is 1.28 bits per heavy atom. The molecule has 5 nitrogen and oxygen atoms in total. The summed E-state index contributed by atoms with van der Waals surface area (Å²) in [4.78, 5) is 18.9. The fourth-order valence-electron chi connectivity index (χ4n) is 2.53. The van der Waals surface area contributed by atoms with Crippen LogP contribution in [0.25, 0.3) is 0 Å². The molecule has 0 bridgehead atoms. The third kappa shape index (κ3) is 4.33. The van der Waals surface area contributed by atoms with Gasteiger partial charge in [0.2, 0.25) is 0 Å². The highest BCUT2D eigenvalue weighted by atomic mass is 32.1. The average molecular weight is 354 g/mol. The second-order valence-electron chi connectivity index (χ2n) is 6.41. The molecule has 1 amide bonds. The molecule has 0 atom stereocenters. The van der Waals surface area contributed by atoms with Crippen molar-refractivity contribution in [3.8, 4) is 0 Å². The first kappa shape index (κ1) is 17.4. The van der Waals surface area contributed by atoms with Gasteiger partial charge in [0.1, 0.15) is 0 Å². The monoisotopic (exact) mass is 354 g/mol. The minimum atomic E-state index is -0.0431. The van der Waals surface area contributed by atoms with Gasteiger partial charge in [0, 0.05) is 24.5 Å². The lowest BCUT2D eigenvalue weighted by Crippen LogP contribution is -2.26. The van der Waals surface area contributed by atoms with E-state index in [4.69, 9.17) is 0 Å². The molecule has 0 unspecified atom stereocenters. The topological polar surface area (TPSA) is 51.0 Å². The van der Waals surface area contributed by atoms with Crippen molar-refractivity contribution in [2.45, 2.75) is 32.9 Å². The highest BCUT2D eigenvalue weighted by Gasteiger charge is 2.16. The molecule has 2 heterocycles. The maximum atomic E-state index is 12.6. The molecule has 0 aliphatic heterocycles. The van der Waals surface area contributed by atoms with Crippen LogP contribution in [0.4, 0.5) is 0 Å². The van der Waals surface area contributed by atoms with E-state index < -0.39 is 0 Å². The summed E-state index contributed by atoms with van der Waals surface area (Å²) in [5.74, 6) is 0.370. The van der Waals surface area contributed by atoms with Crippen LogP contribution in [0.5, 0.6) is 0 Å². The molecule has 2 aromatic heterocycles. The van der Waals surface area contributed by atoms with Crippen LogP contribution in [-0.2, 0) is 13.1 Å². The van der Waals surface area contributed by atoms with E-state index in [1.807, 2.05) is 35.7 Å². The van der Waals surface area contributed by atoms with E-state index in [2.05, 4.69) is 23.9 Å². The number of thiazole rings is 1. The van der Waals surface area contributed by atoms with Crippen LogP contribution in [0, 0.1) is 0 Å². The van der Waals surface area contributed by atoms with Crippen molar-refractivity contribution >= 4 is 17.2 Å². The molecule has 1 aromatic carbocycles. The van der Waals surface area contributed by atoms with Gasteiger partial charge in [-0.1, -0.05) is 44.2 Å². The molecular formula is C19H22N4OS. The van der Waals surface area contributed by atoms with Crippen LogP contribution in [0.1, 0.15) is 46.4 Å². The molecule has 0 aliphatic rings. The van der Waals surface area contributed by atoms with Gasteiger partial charge in [-0.05, 0) is 5.56 Å². The van der Waals surface area contributed by atoms with Crippen LogP contribution in [0.3, 0.4) is 0 Å². The van der Waals surface area contributed by atoms with Crippen molar-refractivity contribution in [3.05, 3.63) is 69.9 Å². The third-order valence-corrected chi connectivity index (χ3v) is 5.07. The fourth-order valence-corrected chi connectivity index (χ4v) is 3.35. The Kier molecular flexibility index (Phi) is 5.28. The first-order valence-corrected chi connectivity index (χ1v) is 9.17. The van der Waals surface area contributed by atoms with E-state index in [-0.39, 0.29) is 5.91 Å². The minimum Gasteiger partial charge on any atom is -0.336 e. The predicted molar refractivity (Wildman–Crippen MR) is 99.8 cm³/mol. The smallest absolute Gasteiger partial charge is 0.257 e. The first-order chi connectivity index (χ1) is 12.0. The zero-order chi connectivity index (χ0) is 17.8. The molecule has 0 saturated carbocycles. The molecule has 0 saturated heterocycles. The second kappa shape index (κ2) is 7.61. The number of hydrogen-bond acceptors (Lipinski definition) is 4. The van der Waals surface area contributed by atoms with E-state index >= 15 is 0 Å². The van der Waals surface area contributed by atoms with Crippen molar-refractivity contribution in [2.24, 2.45) is 0 Å². The number of hydrogen-bond donors (Lipinski definition) is 0. The quantitative estimate of drug-likeness (QED) is 0.677. The van der Waals surface area contributed by atoms with E-state index in [1.165, 1.54) is 0 Å². The lowest BCUT2D eigenvalue weighted by atomic mass is 10.2. The molecular weight excluding hydrogens is 332 g/mol. The van der Waals surface area contributed by atoms with Crippen molar-refractivity contribution in [3.63, 3.8) is 0 Å². The molecule has 3 aromatic rings. The van der Waals surface area contributed by atoms with Crippen molar-refractivity contribution in [2.75, 3.05) is 7.05 Å². The van der Waals surface area contributed by atoms with Gasteiger partial charge in [0.05, 0.1) is 35.6 Å². The summed E-state index contributed by atoms with van der Waals surface area (Å²) in [6.45, 7) is 5.41. The van der Waals surface area contributed by atoms with Gasteiger partial charge >= 0.3 is 0 Å². The lowest BCUT2D eigenvalue weighted by Gasteiger charge is -2.14. The standard InChI is InChI=1S/C19H22N4OS/c1-14(2)18-21-17(13-25-18)12-22(3)19(24)16-9-20-23(11-16)10-15-7-5-4-6-8-15/h4-9,11,13-14H,10,12H2,1-3H3. The molecule has 0 aliphatic carbocycles. The number of rotatable bonds is 6. The van der Waals surface area contributed by atoms with Gasteiger partial charge in [-0.3, -0.25) is 9.48 Å². The van der Waals surface area contributed by atoms with Crippen molar-refractivity contribution < 1.29 is 4.79 Å². The Hall–Kier alpha value is -2.47. The molecule has 0 radical (unpaired) electrons. The first-order valence-electron chi connectivity index (χ1n) is 8.29. The van der Waals surface area contributed by atoms with Crippen LogP contribution in [-0.4, -0.2) is 32.6 Å². The molecule has 6 heteroatoms. The fraction of sp³-hybridized carbons (Fsp3) is 0.316. The van der Waals surface area contributed by atoms with Gasteiger partial charge in [0.15, 0.2) is 0 Å². The van der Waals surface area contributed by atoms with Crippen LogP contribution < -0.4 is 0 Å². The van der Waals surface area contributed by atoms with Crippen molar-refractivity contribution in [1.29, 1.82) is 0 Å². The SMILES string of the molecule is CC(C)c1nc(CN(C)C(=O)c2cnn(Cc3ccccc3)c2)cs1. The number of amides is 1. The van der Waals surface area contributed by atoms with Gasteiger partial charge in [-0.2, -0.15) is 5.10 Å². The highest BCUT2D eigenvalue weighted by molar-refractivity contribution is 7.09. The van der Waals surface area contributed by atoms with Crippen LogP contribution in [0.15, 0.2) is 48.1 Å². The average Bonchev–Trinajstić information content (AvgIpc) is 3.25. The summed E-state index contributed by atoms with van der Waals surface area (Å²) in [6.07, 6.45) is 3.43. The van der Waals surface area contributed by atoms with Gasteiger partial charge in [0.25, 0.3) is 5.91 Å². The Balaban J connectivity index is 1.64. The zero-order valence-corrected chi connectivity index (χ0v) is 15.5. The number of aromatic nitrogens is 3. The van der Waals surface area contributed by atoms with E-state index in [0.29, 0.717) is 24.6 Å². The maximum Gasteiger partial charge on any atom is 0.257 e. The second-order valence-corrected chi connectivity index (χ2v) is 7.29. The molecule has 130 valence electrons. The van der Waals surface area contributed by atoms with Gasteiger partial charge < -0.3 is 4.90 Å². The predicted octanol–water partition coefficient (Wildman–Crippen LogP) is 3.78.